The number of carbonyl (C=O) groups is 1. The van der Waals surface area contributed by atoms with E-state index in [2.05, 4.69) is 4.90 Å². The van der Waals surface area contributed by atoms with Crippen LogP contribution in [-0.4, -0.2) is 72.2 Å². The smallest absolute Gasteiger partial charge is 0.390 e. The maximum atomic E-state index is 13.2. The Morgan fingerprint density at radius 1 is 0.969 bits per heavy atom. The Balaban J connectivity index is 1.38. The summed E-state index contributed by atoms with van der Waals surface area (Å²) in [5.74, 6) is -0.164. The van der Waals surface area contributed by atoms with Crippen LogP contribution in [0.4, 0.5) is 18.9 Å². The average Bonchev–Trinajstić information content (AvgIpc) is 3.15. The van der Waals surface area contributed by atoms with Crippen molar-refractivity contribution in [2.75, 3.05) is 44.2 Å². The van der Waals surface area contributed by atoms with E-state index in [1.807, 2.05) is 4.90 Å². The number of halogens is 5. The summed E-state index contributed by atoms with van der Waals surface area (Å²) in [5.41, 5.74) is 0.129. The number of rotatable bonds is 3. The van der Waals surface area contributed by atoms with Crippen LogP contribution in [0.2, 0.25) is 10.0 Å². The van der Waals surface area contributed by atoms with Gasteiger partial charge in [0, 0.05) is 55.5 Å². The number of alkyl halides is 3. The molecule has 2 saturated heterocycles. The van der Waals surface area contributed by atoms with E-state index in [1.165, 1.54) is 6.07 Å². The normalized spacial score (nSPS) is 22.4. The minimum Gasteiger partial charge on any atom is -0.390 e. The number of β-amino-alcohol motifs (C(OH)–C–C–N with tert-alkyl or cyclic N) is 1. The number of aliphatic hydroxyl groups is 1. The summed E-state index contributed by atoms with van der Waals surface area (Å²) in [5, 5.41) is 10.8. The summed E-state index contributed by atoms with van der Waals surface area (Å²) >= 11 is 11.6. The molecule has 0 unspecified atom stereocenters. The van der Waals surface area contributed by atoms with Crippen LogP contribution in [-0.2, 0) is 6.18 Å². The third-order valence-corrected chi connectivity index (χ3v) is 6.62. The van der Waals surface area contributed by atoms with Crippen LogP contribution in [0.5, 0.6) is 0 Å². The molecule has 2 aliphatic heterocycles. The molecule has 172 valence electrons. The Hall–Kier alpha value is -2.00. The summed E-state index contributed by atoms with van der Waals surface area (Å²) < 4.78 is 39.5. The van der Waals surface area contributed by atoms with Gasteiger partial charge in [0.2, 0.25) is 0 Å². The number of amides is 1. The van der Waals surface area contributed by atoms with Crippen molar-refractivity contribution >= 4 is 34.8 Å². The Morgan fingerprint density at radius 2 is 1.62 bits per heavy atom. The number of hydrogen-bond acceptors (Lipinski definition) is 4. The molecule has 5 nitrogen and oxygen atoms in total. The molecule has 2 atom stereocenters. The van der Waals surface area contributed by atoms with Gasteiger partial charge in [0.15, 0.2) is 0 Å². The molecule has 0 aliphatic carbocycles. The van der Waals surface area contributed by atoms with Gasteiger partial charge in [-0.25, -0.2) is 0 Å². The van der Waals surface area contributed by atoms with Gasteiger partial charge in [0.05, 0.1) is 22.7 Å². The SMILES string of the molecule is O=C(c1ccc(Cl)cc1)N1C[C@H](O)[C@@H](N2CCN(c3ccc(Cl)c(C(F)(F)F)c3)CC2)C1. The average molecular weight is 488 g/mol. The first-order chi connectivity index (χ1) is 15.1. The molecule has 4 rings (SSSR count). The van der Waals surface area contributed by atoms with Crippen molar-refractivity contribution in [1.82, 2.24) is 9.80 Å². The molecule has 0 saturated carbocycles. The highest BCUT2D eigenvalue weighted by molar-refractivity contribution is 6.31. The Bertz CT molecular complexity index is 979. The van der Waals surface area contributed by atoms with E-state index in [0.717, 1.165) is 6.07 Å². The fourth-order valence-corrected chi connectivity index (χ4v) is 4.66. The summed E-state index contributed by atoms with van der Waals surface area (Å²) in [7, 11) is 0. The van der Waals surface area contributed by atoms with Gasteiger partial charge in [-0.3, -0.25) is 9.69 Å². The van der Waals surface area contributed by atoms with E-state index in [1.54, 1.807) is 35.2 Å². The zero-order valence-corrected chi connectivity index (χ0v) is 18.5. The van der Waals surface area contributed by atoms with Gasteiger partial charge in [-0.05, 0) is 42.5 Å². The van der Waals surface area contributed by atoms with Crippen LogP contribution in [0.25, 0.3) is 0 Å². The third kappa shape index (κ3) is 4.83. The molecule has 1 amide bonds. The Labute approximate surface area is 193 Å². The van der Waals surface area contributed by atoms with E-state index in [0.29, 0.717) is 49.0 Å². The number of anilines is 1. The number of hydrogen-bond donors (Lipinski definition) is 1. The lowest BCUT2D eigenvalue weighted by Crippen LogP contribution is -2.53. The molecule has 0 spiro atoms. The van der Waals surface area contributed by atoms with E-state index < -0.39 is 17.8 Å². The molecule has 2 aromatic carbocycles. The van der Waals surface area contributed by atoms with Crippen molar-refractivity contribution in [2.24, 2.45) is 0 Å². The van der Waals surface area contributed by atoms with Crippen molar-refractivity contribution in [3.63, 3.8) is 0 Å². The van der Waals surface area contributed by atoms with Crippen molar-refractivity contribution in [3.8, 4) is 0 Å². The number of likely N-dealkylation sites (tertiary alicyclic amines) is 1. The highest BCUT2D eigenvalue weighted by Crippen LogP contribution is 2.37. The van der Waals surface area contributed by atoms with Crippen LogP contribution in [0, 0.1) is 0 Å². The van der Waals surface area contributed by atoms with Crippen molar-refractivity contribution in [2.45, 2.75) is 18.3 Å². The van der Waals surface area contributed by atoms with Crippen LogP contribution in [0.15, 0.2) is 42.5 Å². The van der Waals surface area contributed by atoms with Crippen LogP contribution >= 0.6 is 23.2 Å². The second-order valence-corrected chi connectivity index (χ2v) is 8.88. The molecule has 10 heteroatoms. The summed E-state index contributed by atoms with van der Waals surface area (Å²) in [6.45, 7) is 2.77. The monoisotopic (exact) mass is 487 g/mol. The first kappa shape index (κ1) is 23.2. The first-order valence-electron chi connectivity index (χ1n) is 10.2. The maximum absolute atomic E-state index is 13.2. The lowest BCUT2D eigenvalue weighted by atomic mass is 10.1. The quantitative estimate of drug-likeness (QED) is 0.710. The van der Waals surface area contributed by atoms with Gasteiger partial charge in [-0.15, -0.1) is 0 Å². The second-order valence-electron chi connectivity index (χ2n) is 8.04. The molecule has 2 fully saturated rings. The fourth-order valence-electron chi connectivity index (χ4n) is 4.31. The lowest BCUT2D eigenvalue weighted by molar-refractivity contribution is -0.137. The van der Waals surface area contributed by atoms with Gasteiger partial charge in [-0.1, -0.05) is 23.2 Å². The molecule has 0 aromatic heterocycles. The van der Waals surface area contributed by atoms with Gasteiger partial charge in [0.1, 0.15) is 0 Å². The molecule has 0 bridgehead atoms. The molecular formula is C22H22Cl2F3N3O2. The Kier molecular flexibility index (Phi) is 6.58. The number of benzene rings is 2. The third-order valence-electron chi connectivity index (χ3n) is 6.04. The van der Waals surface area contributed by atoms with E-state index in [9.17, 15) is 23.1 Å². The maximum Gasteiger partial charge on any atom is 0.417 e. The molecule has 1 N–H and O–H groups in total. The van der Waals surface area contributed by atoms with Gasteiger partial charge in [-0.2, -0.15) is 13.2 Å². The van der Waals surface area contributed by atoms with Gasteiger partial charge in [0.25, 0.3) is 5.91 Å². The topological polar surface area (TPSA) is 47.0 Å². The second kappa shape index (κ2) is 9.09. The lowest BCUT2D eigenvalue weighted by Gasteiger charge is -2.40. The summed E-state index contributed by atoms with van der Waals surface area (Å²) in [6, 6.07) is 10.3. The molecule has 32 heavy (non-hydrogen) atoms. The van der Waals surface area contributed by atoms with Crippen LogP contribution in [0.1, 0.15) is 15.9 Å². The van der Waals surface area contributed by atoms with E-state index in [4.69, 9.17) is 23.2 Å². The van der Waals surface area contributed by atoms with Crippen molar-refractivity contribution in [1.29, 1.82) is 0 Å². The summed E-state index contributed by atoms with van der Waals surface area (Å²) in [6.07, 6.45) is -5.20. The number of piperazine rings is 1. The fraction of sp³-hybridized carbons (Fsp3) is 0.409. The number of nitrogens with zero attached hydrogens (tertiary/aromatic N) is 3. The van der Waals surface area contributed by atoms with Crippen LogP contribution < -0.4 is 4.90 Å². The Morgan fingerprint density at radius 3 is 2.25 bits per heavy atom. The minimum atomic E-state index is -4.51. The van der Waals surface area contributed by atoms with Crippen molar-refractivity contribution < 1.29 is 23.1 Å². The summed E-state index contributed by atoms with van der Waals surface area (Å²) in [4.78, 5) is 18.3. The van der Waals surface area contributed by atoms with Crippen molar-refractivity contribution in [3.05, 3.63) is 63.6 Å². The predicted octanol–water partition coefficient (Wildman–Crippen LogP) is 4.02. The zero-order valence-electron chi connectivity index (χ0n) is 17.0. The minimum absolute atomic E-state index is 0.164. The zero-order chi connectivity index (χ0) is 23.0. The van der Waals surface area contributed by atoms with Crippen LogP contribution in [0.3, 0.4) is 0 Å². The highest BCUT2D eigenvalue weighted by Gasteiger charge is 2.39. The molecule has 2 aliphatic rings. The predicted molar refractivity (Wildman–Crippen MR) is 117 cm³/mol. The molecule has 0 radical (unpaired) electrons. The highest BCUT2D eigenvalue weighted by atomic mass is 35.5. The van der Waals surface area contributed by atoms with E-state index >= 15 is 0 Å². The molecule has 2 heterocycles. The van der Waals surface area contributed by atoms with Gasteiger partial charge < -0.3 is 14.9 Å². The molecule has 2 aromatic rings. The first-order valence-corrected chi connectivity index (χ1v) is 11.0. The largest absolute Gasteiger partial charge is 0.417 e. The van der Waals surface area contributed by atoms with Gasteiger partial charge >= 0.3 is 6.18 Å². The standard InChI is InChI=1S/C22H22Cl2F3N3O2/c23-15-3-1-14(2-4-15)21(32)30-12-19(20(31)13-30)29-9-7-28(8-10-29)16-5-6-18(24)17(11-16)22(25,26)27/h1-6,11,19-20,31H,7-10,12-13H2/t19-,20-/m0/s1. The van der Waals surface area contributed by atoms with E-state index in [-0.39, 0.29) is 23.5 Å². The molecular weight excluding hydrogens is 466 g/mol. The number of aliphatic hydroxyl groups excluding tert-OH is 1. The number of carbonyl (C=O) groups excluding carboxylic acids is 1.